The van der Waals surface area contributed by atoms with Crippen molar-refractivity contribution in [2.45, 2.75) is 38.1 Å². The number of amides is 3. The average molecular weight is 301 g/mol. The van der Waals surface area contributed by atoms with E-state index < -0.39 is 12.1 Å². The first-order chi connectivity index (χ1) is 10.0. The SMILES string of the molecule is COC(=O)NC1CCN(C(=O)NCCCCCC(=O)O)C1. The van der Waals surface area contributed by atoms with Crippen molar-refractivity contribution in [2.75, 3.05) is 26.7 Å². The van der Waals surface area contributed by atoms with Gasteiger partial charge in [0, 0.05) is 26.1 Å². The monoisotopic (exact) mass is 301 g/mol. The number of likely N-dealkylation sites (tertiary alicyclic amines) is 1. The number of urea groups is 1. The number of nitrogens with one attached hydrogen (secondary N) is 2. The lowest BCUT2D eigenvalue weighted by atomic mass is 10.2. The van der Waals surface area contributed by atoms with Crippen LogP contribution in [0.3, 0.4) is 0 Å². The van der Waals surface area contributed by atoms with Gasteiger partial charge in [-0.15, -0.1) is 0 Å². The molecule has 1 unspecified atom stereocenters. The van der Waals surface area contributed by atoms with E-state index in [1.165, 1.54) is 7.11 Å². The van der Waals surface area contributed by atoms with Crippen LogP contribution in [0.1, 0.15) is 32.1 Å². The summed E-state index contributed by atoms with van der Waals surface area (Å²) in [7, 11) is 1.30. The first-order valence-corrected chi connectivity index (χ1v) is 7.12. The van der Waals surface area contributed by atoms with Gasteiger partial charge in [-0.3, -0.25) is 4.79 Å². The van der Waals surface area contributed by atoms with Gasteiger partial charge in [-0.25, -0.2) is 9.59 Å². The molecule has 1 rings (SSSR count). The Kier molecular flexibility index (Phi) is 7.34. The number of carboxylic acids is 1. The standard InChI is InChI=1S/C13H23N3O5/c1-21-13(20)15-10-6-8-16(9-10)12(19)14-7-4-2-3-5-11(17)18/h10H,2-9H2,1H3,(H,14,19)(H,15,20)(H,17,18). The topological polar surface area (TPSA) is 108 Å². The van der Waals surface area contributed by atoms with Crippen LogP contribution >= 0.6 is 0 Å². The van der Waals surface area contributed by atoms with Gasteiger partial charge in [0.15, 0.2) is 0 Å². The third-order valence-electron chi connectivity index (χ3n) is 3.33. The summed E-state index contributed by atoms with van der Waals surface area (Å²) in [4.78, 5) is 34.9. The summed E-state index contributed by atoms with van der Waals surface area (Å²) in [6.45, 7) is 1.60. The third kappa shape index (κ3) is 6.82. The summed E-state index contributed by atoms with van der Waals surface area (Å²) in [5.41, 5.74) is 0. The molecule has 0 aromatic carbocycles. The van der Waals surface area contributed by atoms with Crippen LogP contribution in [0.5, 0.6) is 0 Å². The molecule has 21 heavy (non-hydrogen) atoms. The Bertz CT molecular complexity index is 375. The Balaban J connectivity index is 2.10. The second kappa shape index (κ2) is 9.04. The van der Waals surface area contributed by atoms with E-state index in [0.717, 1.165) is 12.8 Å². The Hall–Kier alpha value is -1.99. The number of rotatable bonds is 7. The van der Waals surface area contributed by atoms with Gasteiger partial charge in [0.2, 0.25) is 0 Å². The predicted octanol–water partition coefficient (Wildman–Crippen LogP) is 0.771. The minimum atomic E-state index is -0.791. The molecule has 0 radical (unpaired) electrons. The zero-order chi connectivity index (χ0) is 15.7. The van der Waals surface area contributed by atoms with Gasteiger partial charge in [0.1, 0.15) is 0 Å². The number of alkyl carbamates (subject to hydrolysis) is 1. The van der Waals surface area contributed by atoms with E-state index in [-0.39, 0.29) is 18.5 Å². The van der Waals surface area contributed by atoms with Crippen LogP contribution in [0.4, 0.5) is 9.59 Å². The van der Waals surface area contributed by atoms with Crippen molar-refractivity contribution in [1.82, 2.24) is 15.5 Å². The maximum atomic E-state index is 11.9. The number of hydrogen-bond acceptors (Lipinski definition) is 4. The molecular formula is C13H23N3O5. The number of methoxy groups -OCH3 is 1. The van der Waals surface area contributed by atoms with Gasteiger partial charge in [-0.1, -0.05) is 6.42 Å². The molecule has 8 heteroatoms. The van der Waals surface area contributed by atoms with E-state index in [1.807, 2.05) is 0 Å². The molecule has 1 atom stereocenters. The van der Waals surface area contributed by atoms with Gasteiger partial charge in [-0.05, 0) is 19.3 Å². The molecule has 120 valence electrons. The lowest BCUT2D eigenvalue weighted by Gasteiger charge is -2.17. The number of ether oxygens (including phenoxy) is 1. The van der Waals surface area contributed by atoms with Gasteiger partial charge in [-0.2, -0.15) is 0 Å². The number of carbonyl (C=O) groups is 3. The number of carbonyl (C=O) groups excluding carboxylic acids is 2. The molecule has 0 aromatic rings. The summed E-state index contributed by atoms with van der Waals surface area (Å²) in [5, 5.41) is 14.0. The largest absolute Gasteiger partial charge is 0.481 e. The molecule has 3 N–H and O–H groups in total. The highest BCUT2D eigenvalue weighted by Gasteiger charge is 2.27. The number of hydrogen-bond donors (Lipinski definition) is 3. The van der Waals surface area contributed by atoms with Crippen molar-refractivity contribution in [3.8, 4) is 0 Å². The first-order valence-electron chi connectivity index (χ1n) is 7.12. The molecule has 0 aromatic heterocycles. The summed E-state index contributed by atoms with van der Waals surface area (Å²) in [6.07, 6.45) is 2.55. The predicted molar refractivity (Wildman–Crippen MR) is 75.0 cm³/mol. The number of carboxylic acid groups (broad SMARTS) is 1. The minimum absolute atomic E-state index is 0.0706. The zero-order valence-electron chi connectivity index (χ0n) is 12.3. The number of aliphatic carboxylic acids is 1. The van der Waals surface area contributed by atoms with Crippen molar-refractivity contribution < 1.29 is 24.2 Å². The maximum absolute atomic E-state index is 11.9. The van der Waals surface area contributed by atoms with E-state index in [4.69, 9.17) is 5.11 Å². The summed E-state index contributed by atoms with van der Waals surface area (Å²) in [6, 6.07) is -0.221. The number of unbranched alkanes of at least 4 members (excludes halogenated alkanes) is 2. The lowest BCUT2D eigenvalue weighted by Crippen LogP contribution is -2.42. The summed E-state index contributed by atoms with van der Waals surface area (Å²) in [5.74, 6) is -0.791. The second-order valence-corrected chi connectivity index (χ2v) is 5.00. The summed E-state index contributed by atoms with van der Waals surface area (Å²) < 4.78 is 4.52. The molecule has 0 aliphatic carbocycles. The molecule has 0 bridgehead atoms. The molecule has 0 spiro atoms. The molecule has 1 aliphatic heterocycles. The third-order valence-corrected chi connectivity index (χ3v) is 3.33. The molecule has 1 heterocycles. The Morgan fingerprint density at radius 1 is 1.29 bits per heavy atom. The molecule has 3 amide bonds. The Labute approximate surface area is 123 Å². The Morgan fingerprint density at radius 3 is 2.71 bits per heavy atom. The van der Waals surface area contributed by atoms with Crippen LogP contribution in [-0.4, -0.2) is 60.9 Å². The van der Waals surface area contributed by atoms with Crippen molar-refractivity contribution in [2.24, 2.45) is 0 Å². The summed E-state index contributed by atoms with van der Waals surface area (Å²) >= 11 is 0. The fourth-order valence-corrected chi connectivity index (χ4v) is 2.17. The normalized spacial score (nSPS) is 17.4. The highest BCUT2D eigenvalue weighted by Crippen LogP contribution is 2.09. The smallest absolute Gasteiger partial charge is 0.407 e. The molecular weight excluding hydrogens is 278 g/mol. The fraction of sp³-hybridized carbons (Fsp3) is 0.769. The molecule has 1 fully saturated rings. The van der Waals surface area contributed by atoms with Gasteiger partial charge >= 0.3 is 18.1 Å². The van der Waals surface area contributed by atoms with Crippen molar-refractivity contribution in [3.05, 3.63) is 0 Å². The van der Waals surface area contributed by atoms with Crippen LogP contribution < -0.4 is 10.6 Å². The Morgan fingerprint density at radius 2 is 2.05 bits per heavy atom. The lowest BCUT2D eigenvalue weighted by molar-refractivity contribution is -0.137. The van der Waals surface area contributed by atoms with E-state index >= 15 is 0 Å². The molecule has 0 saturated carbocycles. The average Bonchev–Trinajstić information content (AvgIpc) is 2.90. The molecule has 8 nitrogen and oxygen atoms in total. The van der Waals surface area contributed by atoms with Gasteiger partial charge in [0.25, 0.3) is 0 Å². The highest BCUT2D eigenvalue weighted by atomic mass is 16.5. The van der Waals surface area contributed by atoms with Crippen LogP contribution in [0.25, 0.3) is 0 Å². The molecule has 1 aliphatic rings. The van der Waals surface area contributed by atoms with E-state index in [9.17, 15) is 14.4 Å². The van der Waals surface area contributed by atoms with Crippen molar-refractivity contribution >= 4 is 18.1 Å². The first kappa shape index (κ1) is 17.1. The van der Waals surface area contributed by atoms with E-state index in [0.29, 0.717) is 32.5 Å². The van der Waals surface area contributed by atoms with Crippen LogP contribution in [-0.2, 0) is 9.53 Å². The van der Waals surface area contributed by atoms with E-state index in [2.05, 4.69) is 15.4 Å². The maximum Gasteiger partial charge on any atom is 0.407 e. The fourth-order valence-electron chi connectivity index (χ4n) is 2.17. The van der Waals surface area contributed by atoms with Gasteiger partial charge in [0.05, 0.1) is 13.2 Å². The number of nitrogens with zero attached hydrogens (tertiary/aromatic N) is 1. The van der Waals surface area contributed by atoms with Crippen LogP contribution in [0.15, 0.2) is 0 Å². The van der Waals surface area contributed by atoms with Crippen LogP contribution in [0.2, 0.25) is 0 Å². The highest BCUT2D eigenvalue weighted by molar-refractivity contribution is 5.75. The minimum Gasteiger partial charge on any atom is -0.481 e. The second-order valence-electron chi connectivity index (χ2n) is 5.00. The molecule has 1 saturated heterocycles. The quantitative estimate of drug-likeness (QED) is 0.602. The van der Waals surface area contributed by atoms with Crippen molar-refractivity contribution in [3.63, 3.8) is 0 Å². The van der Waals surface area contributed by atoms with Crippen molar-refractivity contribution in [1.29, 1.82) is 0 Å². The zero-order valence-corrected chi connectivity index (χ0v) is 12.3. The van der Waals surface area contributed by atoms with Gasteiger partial charge < -0.3 is 25.4 Å². The van der Waals surface area contributed by atoms with E-state index in [1.54, 1.807) is 4.90 Å². The van der Waals surface area contributed by atoms with Crippen LogP contribution in [0, 0.1) is 0 Å².